The molecule has 2 amide bonds. The number of ether oxygens (including phenoxy) is 1. The molecule has 6 N–H and O–H groups in total. The number of nitrogens with one attached hydrogen (secondary N) is 4. The van der Waals surface area contributed by atoms with Gasteiger partial charge in [0.25, 0.3) is 0 Å². The largest absolute Gasteiger partial charge is 0.469 e. The Morgan fingerprint density at radius 3 is 2.59 bits per heavy atom. The van der Waals surface area contributed by atoms with Crippen molar-refractivity contribution in [3.63, 3.8) is 0 Å². The Morgan fingerprint density at radius 1 is 1.09 bits per heavy atom. The van der Waals surface area contributed by atoms with Gasteiger partial charge in [0.1, 0.15) is 0 Å². The molecule has 0 aliphatic rings. The second-order valence-electron chi connectivity index (χ2n) is 7.39. The van der Waals surface area contributed by atoms with Crippen molar-refractivity contribution in [3.05, 3.63) is 54.4 Å². The first-order chi connectivity index (χ1) is 16.4. The summed E-state index contributed by atoms with van der Waals surface area (Å²) < 4.78 is 4.69. The maximum Gasteiger partial charge on any atom is 0.307 e. The fourth-order valence-corrected chi connectivity index (χ4v) is 3.20. The molecular weight excluding hydrogens is 456 g/mol. The van der Waals surface area contributed by atoms with E-state index < -0.39 is 17.9 Å². The molecule has 1 atom stereocenters. The van der Waals surface area contributed by atoms with Crippen LogP contribution in [0.1, 0.15) is 37.3 Å². The van der Waals surface area contributed by atoms with Crippen LogP contribution >= 0.6 is 12.2 Å². The van der Waals surface area contributed by atoms with Crippen LogP contribution in [0.3, 0.4) is 0 Å². The van der Waals surface area contributed by atoms with Crippen LogP contribution in [-0.4, -0.2) is 48.1 Å². The van der Waals surface area contributed by atoms with Crippen molar-refractivity contribution in [3.8, 4) is 0 Å². The minimum atomic E-state index is -0.597. The SMILES string of the molecule is COC(=O)CC(NC(=O)CNC(=O)CCCCNC(=S)Nc1ccccc1N)c1cccnc1. The zero-order chi connectivity index (χ0) is 24.8. The molecule has 182 valence electrons. The second kappa shape index (κ2) is 14.4. The predicted octanol–water partition coefficient (Wildman–Crippen LogP) is 1.66. The number of carbonyl (C=O) groups excluding carboxylic acids is 3. The first kappa shape index (κ1) is 26.5. The minimum absolute atomic E-state index is 0.0392. The predicted molar refractivity (Wildman–Crippen MR) is 134 cm³/mol. The topological polar surface area (TPSA) is 147 Å². The summed E-state index contributed by atoms with van der Waals surface area (Å²) in [6.07, 6.45) is 4.73. The van der Waals surface area contributed by atoms with E-state index in [4.69, 9.17) is 22.7 Å². The fraction of sp³-hybridized carbons (Fsp3) is 0.348. The number of unbranched alkanes of at least 4 members (excludes halogenated alkanes) is 1. The lowest BCUT2D eigenvalue weighted by atomic mass is 10.1. The molecule has 2 aromatic rings. The van der Waals surface area contributed by atoms with Gasteiger partial charge in [0.15, 0.2) is 5.11 Å². The van der Waals surface area contributed by atoms with Gasteiger partial charge in [0.2, 0.25) is 11.8 Å². The molecule has 0 spiro atoms. The van der Waals surface area contributed by atoms with Crippen LogP contribution < -0.4 is 27.0 Å². The van der Waals surface area contributed by atoms with Gasteiger partial charge in [-0.05, 0) is 48.8 Å². The van der Waals surface area contributed by atoms with Crippen molar-refractivity contribution in [2.24, 2.45) is 0 Å². The zero-order valence-corrected chi connectivity index (χ0v) is 19.8. The number of thiocarbonyl (C=S) groups is 1. The zero-order valence-electron chi connectivity index (χ0n) is 19.0. The summed E-state index contributed by atoms with van der Waals surface area (Å²) in [6, 6.07) is 10.2. The summed E-state index contributed by atoms with van der Waals surface area (Å²) in [4.78, 5) is 40.0. The molecule has 0 bridgehead atoms. The normalized spacial score (nSPS) is 11.1. The Morgan fingerprint density at radius 2 is 1.88 bits per heavy atom. The van der Waals surface area contributed by atoms with Crippen LogP contribution in [0.15, 0.2) is 48.8 Å². The second-order valence-corrected chi connectivity index (χ2v) is 7.80. The number of nitrogen functional groups attached to an aromatic ring is 1. The van der Waals surface area contributed by atoms with E-state index in [0.29, 0.717) is 35.7 Å². The first-order valence-corrected chi connectivity index (χ1v) is 11.2. The van der Waals surface area contributed by atoms with Gasteiger partial charge in [-0.15, -0.1) is 0 Å². The third kappa shape index (κ3) is 9.82. The molecule has 1 aromatic heterocycles. The lowest BCUT2D eigenvalue weighted by molar-refractivity contribution is -0.141. The molecule has 10 nitrogen and oxygen atoms in total. The van der Waals surface area contributed by atoms with Crippen LogP contribution in [0.2, 0.25) is 0 Å². The number of aromatic nitrogens is 1. The molecule has 11 heteroatoms. The summed E-state index contributed by atoms with van der Waals surface area (Å²) in [7, 11) is 1.28. The molecule has 1 heterocycles. The number of carbonyl (C=O) groups is 3. The molecule has 0 aliphatic heterocycles. The molecule has 2 rings (SSSR count). The maximum absolute atomic E-state index is 12.3. The number of esters is 1. The highest BCUT2D eigenvalue weighted by Gasteiger charge is 2.19. The number of hydrogen-bond donors (Lipinski definition) is 5. The third-order valence-electron chi connectivity index (χ3n) is 4.79. The lowest BCUT2D eigenvalue weighted by Crippen LogP contribution is -2.39. The van der Waals surface area contributed by atoms with Crippen molar-refractivity contribution in [1.29, 1.82) is 0 Å². The molecule has 0 saturated heterocycles. The summed E-state index contributed by atoms with van der Waals surface area (Å²) in [5.74, 6) is -1.11. The maximum atomic E-state index is 12.3. The number of nitrogens with zero attached hydrogens (tertiary/aromatic N) is 1. The van der Waals surface area contributed by atoms with Gasteiger partial charge in [-0.1, -0.05) is 18.2 Å². The van der Waals surface area contributed by atoms with Gasteiger partial charge in [-0.25, -0.2) is 0 Å². The van der Waals surface area contributed by atoms with Crippen molar-refractivity contribution in [2.45, 2.75) is 31.7 Å². The van der Waals surface area contributed by atoms with Crippen molar-refractivity contribution >= 4 is 46.5 Å². The van der Waals surface area contributed by atoms with Gasteiger partial charge in [-0.2, -0.15) is 0 Å². The first-order valence-electron chi connectivity index (χ1n) is 10.8. The van der Waals surface area contributed by atoms with Gasteiger partial charge in [-0.3, -0.25) is 19.4 Å². The summed E-state index contributed by atoms with van der Waals surface area (Å²) in [5.41, 5.74) is 7.87. The number of rotatable bonds is 12. The summed E-state index contributed by atoms with van der Waals surface area (Å²) in [5, 5.41) is 11.9. The number of methoxy groups -OCH3 is 1. The smallest absolute Gasteiger partial charge is 0.307 e. The molecule has 1 aromatic carbocycles. The highest BCUT2D eigenvalue weighted by molar-refractivity contribution is 7.80. The van der Waals surface area contributed by atoms with Crippen LogP contribution in [0.5, 0.6) is 0 Å². The van der Waals surface area contributed by atoms with Crippen molar-refractivity contribution < 1.29 is 19.1 Å². The number of para-hydroxylation sites is 2. The van der Waals surface area contributed by atoms with Gasteiger partial charge < -0.3 is 31.7 Å². The molecule has 0 radical (unpaired) electrons. The van der Waals surface area contributed by atoms with Gasteiger partial charge in [0, 0.05) is 25.4 Å². The number of hydrogen-bond acceptors (Lipinski definition) is 7. The lowest BCUT2D eigenvalue weighted by Gasteiger charge is -2.18. The molecule has 34 heavy (non-hydrogen) atoms. The van der Waals surface area contributed by atoms with Crippen molar-refractivity contribution in [1.82, 2.24) is 20.9 Å². The number of amides is 2. The van der Waals surface area contributed by atoms with E-state index >= 15 is 0 Å². The van der Waals surface area contributed by atoms with Crippen LogP contribution in [0, 0.1) is 0 Å². The van der Waals surface area contributed by atoms with Crippen molar-refractivity contribution in [2.75, 3.05) is 31.2 Å². The number of benzene rings is 1. The Bertz CT molecular complexity index is 973. The van der Waals surface area contributed by atoms with Crippen LogP contribution in [0.25, 0.3) is 0 Å². The van der Waals surface area contributed by atoms with Gasteiger partial charge >= 0.3 is 5.97 Å². The highest BCUT2D eigenvalue weighted by atomic mass is 32.1. The van der Waals surface area contributed by atoms with E-state index in [2.05, 4.69) is 26.3 Å². The summed E-state index contributed by atoms with van der Waals surface area (Å²) >= 11 is 5.24. The average molecular weight is 487 g/mol. The third-order valence-corrected chi connectivity index (χ3v) is 5.04. The van der Waals surface area contributed by atoms with E-state index in [1.54, 1.807) is 30.6 Å². The van der Waals surface area contributed by atoms with E-state index in [1.165, 1.54) is 7.11 Å². The number of pyridine rings is 1. The molecular formula is C23H30N6O4S. The van der Waals surface area contributed by atoms with Crippen LogP contribution in [-0.2, 0) is 19.1 Å². The number of anilines is 2. The molecule has 1 unspecified atom stereocenters. The minimum Gasteiger partial charge on any atom is -0.469 e. The summed E-state index contributed by atoms with van der Waals surface area (Å²) in [6.45, 7) is 0.397. The molecule has 0 aliphatic carbocycles. The fourth-order valence-electron chi connectivity index (χ4n) is 2.99. The Labute approximate surface area is 204 Å². The monoisotopic (exact) mass is 486 g/mol. The van der Waals surface area contributed by atoms with E-state index in [-0.39, 0.29) is 25.3 Å². The van der Waals surface area contributed by atoms with Crippen LogP contribution in [0.4, 0.5) is 11.4 Å². The molecule has 0 fully saturated rings. The quantitative estimate of drug-likeness (QED) is 0.131. The average Bonchev–Trinajstić information content (AvgIpc) is 2.84. The highest BCUT2D eigenvalue weighted by Crippen LogP contribution is 2.17. The van der Waals surface area contributed by atoms with E-state index in [0.717, 1.165) is 5.69 Å². The van der Waals surface area contributed by atoms with Gasteiger partial charge in [0.05, 0.1) is 37.5 Å². The standard InChI is InChI=1S/C23H30N6O4S/c1-33-22(32)13-19(16-7-6-11-25-14-16)28-21(31)15-27-20(30)10-4-5-12-26-23(34)29-18-9-3-2-8-17(18)24/h2-3,6-9,11,14,19H,4-5,10,12-13,15,24H2,1H3,(H,27,30)(H,28,31)(H2,26,29,34). The van der Waals surface area contributed by atoms with E-state index in [1.807, 2.05) is 18.2 Å². The Hall–Kier alpha value is -3.73. The number of nitrogens with two attached hydrogens (primary N) is 1. The molecule has 0 saturated carbocycles. The Kier molecular flexibility index (Phi) is 11.3. The Balaban J connectivity index is 1.64. The van der Waals surface area contributed by atoms with E-state index in [9.17, 15) is 14.4 Å².